The molecule has 6 nitrogen and oxygen atoms in total. The molecular weight excluding hydrogens is 384 g/mol. The Labute approximate surface area is 173 Å². The van der Waals surface area contributed by atoms with E-state index in [2.05, 4.69) is 10.2 Å². The zero-order valence-electron chi connectivity index (χ0n) is 16.6. The number of carbonyl (C=O) groups is 2. The summed E-state index contributed by atoms with van der Waals surface area (Å²) in [7, 11) is 0. The van der Waals surface area contributed by atoms with Gasteiger partial charge in [0.2, 0.25) is 11.1 Å². The fraction of sp³-hybridized carbons (Fsp3) is 0.182. The van der Waals surface area contributed by atoms with Gasteiger partial charge in [0, 0.05) is 18.1 Å². The topological polar surface area (TPSA) is 68.1 Å². The zero-order chi connectivity index (χ0) is 20.7. The predicted molar refractivity (Wildman–Crippen MR) is 114 cm³/mol. The van der Waals surface area contributed by atoms with E-state index < -0.39 is 0 Å². The largest absolute Gasteiger partial charge is 0.294 e. The number of ketones is 1. The van der Waals surface area contributed by atoms with Crippen molar-refractivity contribution >= 4 is 29.1 Å². The summed E-state index contributed by atoms with van der Waals surface area (Å²) < 4.78 is 1.69. The summed E-state index contributed by atoms with van der Waals surface area (Å²) in [6, 6.07) is 15.5. The monoisotopic (exact) mass is 404 g/mol. The van der Waals surface area contributed by atoms with Crippen molar-refractivity contribution in [2.75, 3.05) is 5.01 Å². The van der Waals surface area contributed by atoms with Crippen molar-refractivity contribution < 1.29 is 9.59 Å². The Morgan fingerprint density at radius 3 is 2.24 bits per heavy atom. The molecule has 0 saturated heterocycles. The minimum Gasteiger partial charge on any atom is -0.294 e. The highest BCUT2D eigenvalue weighted by molar-refractivity contribution is 8.04. The quantitative estimate of drug-likeness (QED) is 0.657. The Bertz CT molecular complexity index is 1160. The molecule has 1 aliphatic heterocycles. The standard InChI is InChI=1S/C22H20N4O2S/c1-13-10-11-18(12-14(13)2)19-20(15(3)27)29-22-24-23-21(17-8-6-5-7-9-17)26(22)25(19)16(4)28/h5-12H,1-4H3. The molecular formula is C22H20N4O2S. The number of benzene rings is 2. The molecule has 0 N–H and O–H groups in total. The van der Waals surface area contributed by atoms with Crippen molar-refractivity contribution in [3.05, 3.63) is 70.1 Å². The number of amides is 1. The number of aromatic nitrogens is 3. The van der Waals surface area contributed by atoms with Crippen LogP contribution >= 0.6 is 11.8 Å². The SMILES string of the molecule is CC(=O)C1=C(c2ccc(C)c(C)c2)N(C(C)=O)n2c(nnc2-c2ccccc2)S1. The molecule has 1 amide bonds. The van der Waals surface area contributed by atoms with Gasteiger partial charge in [-0.3, -0.25) is 9.59 Å². The summed E-state index contributed by atoms with van der Waals surface area (Å²) in [6.07, 6.45) is 0. The van der Waals surface area contributed by atoms with E-state index in [1.54, 1.807) is 4.68 Å². The van der Waals surface area contributed by atoms with Crippen molar-refractivity contribution in [1.82, 2.24) is 14.9 Å². The molecule has 0 aliphatic carbocycles. The summed E-state index contributed by atoms with van der Waals surface area (Å²) in [5, 5.41) is 10.6. The zero-order valence-corrected chi connectivity index (χ0v) is 17.4. The van der Waals surface area contributed by atoms with Crippen LogP contribution in [-0.4, -0.2) is 26.6 Å². The Balaban J connectivity index is 1.98. The Morgan fingerprint density at radius 2 is 1.62 bits per heavy atom. The third-order valence-corrected chi connectivity index (χ3v) is 5.98. The number of Topliss-reactive ketones (excluding diaryl/α,β-unsaturated/α-hetero) is 1. The lowest BCUT2D eigenvalue weighted by Crippen LogP contribution is -2.41. The maximum atomic E-state index is 12.8. The molecule has 146 valence electrons. The first-order valence-electron chi connectivity index (χ1n) is 9.21. The van der Waals surface area contributed by atoms with Crippen molar-refractivity contribution in [1.29, 1.82) is 0 Å². The highest BCUT2D eigenvalue weighted by Gasteiger charge is 2.35. The van der Waals surface area contributed by atoms with E-state index in [1.807, 2.05) is 62.4 Å². The number of allylic oxidation sites excluding steroid dienone is 1. The molecule has 0 spiro atoms. The van der Waals surface area contributed by atoms with E-state index >= 15 is 0 Å². The number of carbonyl (C=O) groups excluding carboxylic acids is 2. The first-order valence-corrected chi connectivity index (χ1v) is 10.0. The molecule has 29 heavy (non-hydrogen) atoms. The van der Waals surface area contributed by atoms with Gasteiger partial charge in [0.25, 0.3) is 0 Å². The maximum Gasteiger partial charge on any atom is 0.243 e. The highest BCUT2D eigenvalue weighted by atomic mass is 32.2. The van der Waals surface area contributed by atoms with Crippen LogP contribution in [0.1, 0.15) is 30.5 Å². The van der Waals surface area contributed by atoms with Gasteiger partial charge in [0.1, 0.15) is 0 Å². The van der Waals surface area contributed by atoms with E-state index in [0.29, 0.717) is 21.6 Å². The third kappa shape index (κ3) is 3.27. The molecule has 0 unspecified atom stereocenters. The van der Waals surface area contributed by atoms with Crippen LogP contribution in [0.3, 0.4) is 0 Å². The van der Waals surface area contributed by atoms with Gasteiger partial charge >= 0.3 is 0 Å². The molecule has 0 bridgehead atoms. The Hall–Kier alpha value is -3.19. The van der Waals surface area contributed by atoms with Crippen molar-refractivity contribution in [2.24, 2.45) is 0 Å². The molecule has 0 saturated carbocycles. The van der Waals surface area contributed by atoms with Crippen molar-refractivity contribution in [2.45, 2.75) is 32.9 Å². The van der Waals surface area contributed by atoms with Crippen LogP contribution in [0.5, 0.6) is 0 Å². The molecule has 2 aromatic carbocycles. The van der Waals surface area contributed by atoms with Crippen LogP contribution in [0.15, 0.2) is 58.6 Å². The van der Waals surface area contributed by atoms with Gasteiger partial charge in [-0.1, -0.05) is 42.5 Å². The molecule has 0 fully saturated rings. The smallest absolute Gasteiger partial charge is 0.243 e. The van der Waals surface area contributed by atoms with Gasteiger partial charge in [-0.25, -0.2) is 5.01 Å². The number of nitrogens with zero attached hydrogens (tertiary/aromatic N) is 4. The second kappa shape index (κ2) is 7.33. The lowest BCUT2D eigenvalue weighted by Gasteiger charge is -2.32. The molecule has 4 rings (SSSR count). The number of hydrogen-bond acceptors (Lipinski definition) is 5. The minimum atomic E-state index is -0.226. The molecule has 0 atom stereocenters. The summed E-state index contributed by atoms with van der Waals surface area (Å²) in [5.41, 5.74) is 4.43. The average Bonchev–Trinajstić information content (AvgIpc) is 3.12. The normalized spacial score (nSPS) is 13.4. The number of fused-ring (bicyclic) bond motifs is 1. The van der Waals surface area contributed by atoms with Crippen molar-refractivity contribution in [3.63, 3.8) is 0 Å². The second-order valence-corrected chi connectivity index (χ2v) is 7.93. The molecule has 1 aromatic heterocycles. The van der Waals surface area contributed by atoms with Gasteiger partial charge in [-0.15, -0.1) is 10.2 Å². The lowest BCUT2D eigenvalue weighted by atomic mass is 10.0. The van der Waals surface area contributed by atoms with Crippen LogP contribution in [0, 0.1) is 13.8 Å². The van der Waals surface area contributed by atoms with E-state index in [0.717, 1.165) is 22.3 Å². The number of rotatable bonds is 3. The average molecular weight is 404 g/mol. The number of aryl methyl sites for hydroxylation is 2. The van der Waals surface area contributed by atoms with Crippen LogP contribution in [0.2, 0.25) is 0 Å². The van der Waals surface area contributed by atoms with Gasteiger partial charge in [0.15, 0.2) is 11.6 Å². The summed E-state index contributed by atoms with van der Waals surface area (Å²) in [5.74, 6) is 0.202. The molecule has 2 heterocycles. The van der Waals surface area contributed by atoms with Gasteiger partial charge < -0.3 is 0 Å². The number of hydrogen-bond donors (Lipinski definition) is 0. The first kappa shape index (κ1) is 19.1. The number of thioether (sulfide) groups is 1. The first-order chi connectivity index (χ1) is 13.9. The van der Waals surface area contributed by atoms with Crippen LogP contribution < -0.4 is 5.01 Å². The maximum absolute atomic E-state index is 12.8. The third-order valence-electron chi connectivity index (χ3n) is 4.86. The summed E-state index contributed by atoms with van der Waals surface area (Å²) in [4.78, 5) is 25.8. The lowest BCUT2D eigenvalue weighted by molar-refractivity contribution is -0.117. The van der Waals surface area contributed by atoms with E-state index in [4.69, 9.17) is 0 Å². The summed E-state index contributed by atoms with van der Waals surface area (Å²) in [6.45, 7) is 7.03. The van der Waals surface area contributed by atoms with E-state index in [9.17, 15) is 9.59 Å². The predicted octanol–water partition coefficient (Wildman–Crippen LogP) is 4.11. The Morgan fingerprint density at radius 1 is 0.897 bits per heavy atom. The molecule has 3 aromatic rings. The van der Waals surface area contributed by atoms with Crippen LogP contribution in [0.4, 0.5) is 0 Å². The van der Waals surface area contributed by atoms with Gasteiger partial charge in [-0.2, -0.15) is 4.68 Å². The van der Waals surface area contributed by atoms with E-state index in [-0.39, 0.29) is 11.7 Å². The molecule has 0 radical (unpaired) electrons. The molecule has 7 heteroatoms. The minimum absolute atomic E-state index is 0.120. The fourth-order valence-electron chi connectivity index (χ4n) is 3.29. The Kier molecular flexibility index (Phi) is 4.84. The van der Waals surface area contributed by atoms with E-state index in [1.165, 1.54) is 30.6 Å². The van der Waals surface area contributed by atoms with Gasteiger partial charge in [0.05, 0.1) is 10.6 Å². The summed E-state index contributed by atoms with van der Waals surface area (Å²) >= 11 is 1.24. The van der Waals surface area contributed by atoms with Crippen molar-refractivity contribution in [3.8, 4) is 11.4 Å². The fourth-order valence-corrected chi connectivity index (χ4v) is 4.25. The highest BCUT2D eigenvalue weighted by Crippen LogP contribution is 2.41. The van der Waals surface area contributed by atoms with Crippen LogP contribution in [0.25, 0.3) is 17.1 Å². The molecule has 1 aliphatic rings. The van der Waals surface area contributed by atoms with Crippen LogP contribution in [-0.2, 0) is 9.59 Å². The van der Waals surface area contributed by atoms with Gasteiger partial charge in [-0.05, 0) is 49.7 Å². The second-order valence-electron chi connectivity index (χ2n) is 6.95.